The van der Waals surface area contributed by atoms with Crippen molar-refractivity contribution in [3.05, 3.63) is 35.8 Å². The summed E-state index contributed by atoms with van der Waals surface area (Å²) < 4.78 is 38.2. The number of hydrogen-bond acceptors (Lipinski definition) is 4. The van der Waals surface area contributed by atoms with Gasteiger partial charge in [0, 0.05) is 6.20 Å². The van der Waals surface area contributed by atoms with Crippen molar-refractivity contribution in [2.75, 3.05) is 0 Å². The molecule has 0 saturated heterocycles. The van der Waals surface area contributed by atoms with Crippen LogP contribution in [0, 0.1) is 0 Å². The Labute approximate surface area is 104 Å². The third kappa shape index (κ3) is 2.87. The summed E-state index contributed by atoms with van der Waals surface area (Å²) in [5.41, 5.74) is -1.29. The molecule has 2 aromatic heterocycles. The van der Waals surface area contributed by atoms with Crippen LogP contribution in [-0.4, -0.2) is 37.2 Å². The molecule has 0 fully saturated rings. The second-order valence-corrected chi connectivity index (χ2v) is 3.58. The fourth-order valence-corrected chi connectivity index (χ4v) is 1.48. The van der Waals surface area contributed by atoms with Gasteiger partial charge in [-0.3, -0.25) is 0 Å². The van der Waals surface area contributed by atoms with Gasteiger partial charge in [0.1, 0.15) is 0 Å². The van der Waals surface area contributed by atoms with Crippen molar-refractivity contribution in [2.24, 2.45) is 0 Å². The Hall–Kier alpha value is -2.45. The van der Waals surface area contributed by atoms with E-state index >= 15 is 0 Å². The largest absolute Gasteiger partial charge is 0.476 e. The predicted octanol–water partition coefficient (Wildman–Crippen LogP) is 1.47. The molecule has 0 radical (unpaired) electrons. The maximum Gasteiger partial charge on any atom is 0.394 e. The molecular formula is C10H7F3N4O2. The van der Waals surface area contributed by atoms with Crippen LogP contribution in [0.15, 0.2) is 24.4 Å². The third-order valence-electron chi connectivity index (χ3n) is 2.20. The third-order valence-corrected chi connectivity index (χ3v) is 2.20. The van der Waals surface area contributed by atoms with E-state index in [0.29, 0.717) is 0 Å². The normalized spacial score (nSPS) is 11.5. The van der Waals surface area contributed by atoms with E-state index in [1.807, 2.05) is 0 Å². The lowest BCUT2D eigenvalue weighted by molar-refractivity contribution is -0.128. The second-order valence-electron chi connectivity index (χ2n) is 3.58. The Morgan fingerprint density at radius 2 is 2.11 bits per heavy atom. The van der Waals surface area contributed by atoms with Crippen molar-refractivity contribution in [1.82, 2.24) is 20.0 Å². The number of carbonyl (C=O) groups is 1. The van der Waals surface area contributed by atoms with Crippen molar-refractivity contribution in [3.63, 3.8) is 0 Å². The smallest absolute Gasteiger partial charge is 0.394 e. The molecule has 19 heavy (non-hydrogen) atoms. The van der Waals surface area contributed by atoms with Gasteiger partial charge in [0.15, 0.2) is 11.5 Å². The topological polar surface area (TPSA) is 80.9 Å². The zero-order chi connectivity index (χ0) is 14.0. The van der Waals surface area contributed by atoms with Crippen molar-refractivity contribution in [3.8, 4) is 5.82 Å². The van der Waals surface area contributed by atoms with Gasteiger partial charge in [-0.05, 0) is 12.1 Å². The van der Waals surface area contributed by atoms with Crippen LogP contribution in [0.2, 0.25) is 0 Å². The Bertz CT molecular complexity index is 595. The summed E-state index contributed by atoms with van der Waals surface area (Å²) in [6, 6.07) is 4.52. The quantitative estimate of drug-likeness (QED) is 0.914. The van der Waals surface area contributed by atoms with Gasteiger partial charge in [0.05, 0.1) is 12.1 Å². The summed E-state index contributed by atoms with van der Waals surface area (Å²) in [6.45, 7) is 0. The Morgan fingerprint density at radius 1 is 1.37 bits per heavy atom. The maximum atomic E-state index is 12.5. The summed E-state index contributed by atoms with van der Waals surface area (Å²) >= 11 is 0. The minimum Gasteiger partial charge on any atom is -0.476 e. The molecule has 0 saturated carbocycles. The maximum absolute atomic E-state index is 12.5. The number of rotatable bonds is 3. The molecule has 0 atom stereocenters. The van der Waals surface area contributed by atoms with E-state index < -0.39 is 30.0 Å². The number of carboxylic acid groups (broad SMARTS) is 1. The summed E-state index contributed by atoms with van der Waals surface area (Å²) in [5, 5.41) is 15.5. The SMILES string of the molecule is O=C(O)c1nnn(-c2ccccn2)c1CC(F)(F)F. The summed E-state index contributed by atoms with van der Waals surface area (Å²) in [4.78, 5) is 14.7. The minimum atomic E-state index is -4.57. The van der Waals surface area contributed by atoms with Crippen LogP contribution in [0.25, 0.3) is 5.82 Å². The monoisotopic (exact) mass is 272 g/mol. The zero-order valence-corrected chi connectivity index (χ0v) is 9.29. The molecule has 0 unspecified atom stereocenters. The highest BCUT2D eigenvalue weighted by atomic mass is 19.4. The van der Waals surface area contributed by atoms with E-state index in [-0.39, 0.29) is 5.82 Å². The van der Waals surface area contributed by atoms with Crippen LogP contribution < -0.4 is 0 Å². The van der Waals surface area contributed by atoms with Crippen LogP contribution in [0.5, 0.6) is 0 Å². The molecule has 0 aliphatic carbocycles. The standard InChI is InChI=1S/C10H7F3N4O2/c11-10(12,13)5-6-8(9(18)19)15-16-17(6)7-3-1-2-4-14-7/h1-4H,5H2,(H,18,19). The molecular weight excluding hydrogens is 265 g/mol. The van der Waals surface area contributed by atoms with Gasteiger partial charge in [-0.25, -0.2) is 9.78 Å². The summed E-state index contributed by atoms with van der Waals surface area (Å²) in [7, 11) is 0. The van der Waals surface area contributed by atoms with Gasteiger partial charge in [0.2, 0.25) is 0 Å². The molecule has 2 rings (SSSR count). The molecule has 2 aromatic rings. The molecule has 0 aliphatic heterocycles. The summed E-state index contributed by atoms with van der Waals surface area (Å²) in [5.74, 6) is -1.50. The molecule has 0 bridgehead atoms. The highest BCUT2D eigenvalue weighted by molar-refractivity contribution is 5.86. The van der Waals surface area contributed by atoms with Gasteiger partial charge in [-0.2, -0.15) is 17.9 Å². The highest BCUT2D eigenvalue weighted by Crippen LogP contribution is 2.23. The molecule has 2 heterocycles. The van der Waals surface area contributed by atoms with E-state index in [1.54, 1.807) is 12.1 Å². The van der Waals surface area contributed by atoms with Crippen LogP contribution in [0.3, 0.4) is 0 Å². The lowest BCUT2D eigenvalue weighted by Crippen LogP contribution is -2.18. The average Bonchev–Trinajstić information content (AvgIpc) is 2.71. The highest BCUT2D eigenvalue weighted by Gasteiger charge is 2.34. The lowest BCUT2D eigenvalue weighted by Gasteiger charge is -2.08. The summed E-state index contributed by atoms with van der Waals surface area (Å²) in [6.07, 6.45) is -4.66. The number of pyridine rings is 1. The van der Waals surface area contributed by atoms with Gasteiger partial charge in [-0.15, -0.1) is 5.10 Å². The first-order valence-electron chi connectivity index (χ1n) is 5.04. The van der Waals surface area contributed by atoms with E-state index in [2.05, 4.69) is 15.3 Å². The first kappa shape index (κ1) is 13.0. The molecule has 0 amide bonds. The van der Waals surface area contributed by atoms with Crippen molar-refractivity contribution in [1.29, 1.82) is 0 Å². The second kappa shape index (κ2) is 4.67. The van der Waals surface area contributed by atoms with Crippen LogP contribution in [0.1, 0.15) is 16.2 Å². The fourth-order valence-electron chi connectivity index (χ4n) is 1.48. The number of alkyl halides is 3. The number of halogens is 3. The van der Waals surface area contributed by atoms with Crippen molar-refractivity contribution < 1.29 is 23.1 Å². The molecule has 9 heteroatoms. The Morgan fingerprint density at radius 3 is 2.63 bits per heavy atom. The van der Waals surface area contributed by atoms with Crippen LogP contribution >= 0.6 is 0 Å². The van der Waals surface area contributed by atoms with Crippen LogP contribution in [0.4, 0.5) is 13.2 Å². The van der Waals surface area contributed by atoms with Crippen molar-refractivity contribution in [2.45, 2.75) is 12.6 Å². The van der Waals surface area contributed by atoms with E-state index in [1.165, 1.54) is 12.3 Å². The van der Waals surface area contributed by atoms with E-state index in [0.717, 1.165) is 4.68 Å². The molecule has 0 aromatic carbocycles. The average molecular weight is 272 g/mol. The van der Waals surface area contributed by atoms with E-state index in [4.69, 9.17) is 5.11 Å². The number of carboxylic acids is 1. The Kier molecular flexibility index (Phi) is 3.19. The first-order chi connectivity index (χ1) is 8.88. The number of nitrogens with zero attached hydrogens (tertiary/aromatic N) is 4. The van der Waals surface area contributed by atoms with Gasteiger partial charge >= 0.3 is 12.1 Å². The zero-order valence-electron chi connectivity index (χ0n) is 9.29. The van der Waals surface area contributed by atoms with Crippen LogP contribution in [-0.2, 0) is 6.42 Å². The fraction of sp³-hybridized carbons (Fsp3) is 0.200. The molecule has 1 N–H and O–H groups in total. The number of aromatic nitrogens is 4. The number of hydrogen-bond donors (Lipinski definition) is 1. The molecule has 0 spiro atoms. The van der Waals surface area contributed by atoms with Gasteiger partial charge < -0.3 is 5.11 Å². The molecule has 100 valence electrons. The van der Waals surface area contributed by atoms with Gasteiger partial charge in [-0.1, -0.05) is 11.3 Å². The number of aromatic carboxylic acids is 1. The predicted molar refractivity (Wildman–Crippen MR) is 55.9 cm³/mol. The molecule has 6 nitrogen and oxygen atoms in total. The van der Waals surface area contributed by atoms with Gasteiger partial charge in [0.25, 0.3) is 0 Å². The van der Waals surface area contributed by atoms with Crippen molar-refractivity contribution >= 4 is 5.97 Å². The van der Waals surface area contributed by atoms with E-state index in [9.17, 15) is 18.0 Å². The lowest BCUT2D eigenvalue weighted by atomic mass is 10.2. The molecule has 0 aliphatic rings. The Balaban J connectivity index is 2.53. The minimum absolute atomic E-state index is 0.0711. The first-order valence-corrected chi connectivity index (χ1v) is 5.04.